The Hall–Kier alpha value is -1.08. The first-order valence-corrected chi connectivity index (χ1v) is 3.89. The van der Waals surface area contributed by atoms with Crippen LogP contribution in [-0.4, -0.2) is 20.9 Å². The number of nitrogens with two attached hydrogens (primary N) is 1. The van der Waals surface area contributed by atoms with E-state index in [1.165, 1.54) is 17.7 Å². The Morgan fingerprint density at radius 1 is 1.91 bits per heavy atom. The SMILES string of the molecule is NC(=S)N/N=C/c1csnn1. The van der Waals surface area contributed by atoms with Gasteiger partial charge in [-0.15, -0.1) is 5.10 Å². The van der Waals surface area contributed by atoms with Gasteiger partial charge in [0.25, 0.3) is 0 Å². The second-order valence-electron chi connectivity index (χ2n) is 1.56. The van der Waals surface area contributed by atoms with Crippen molar-refractivity contribution in [3.63, 3.8) is 0 Å². The second-order valence-corrected chi connectivity index (χ2v) is 2.61. The van der Waals surface area contributed by atoms with Gasteiger partial charge >= 0.3 is 0 Å². The van der Waals surface area contributed by atoms with E-state index < -0.39 is 0 Å². The van der Waals surface area contributed by atoms with Gasteiger partial charge in [0, 0.05) is 5.38 Å². The number of aromatic nitrogens is 2. The van der Waals surface area contributed by atoms with Gasteiger partial charge in [-0.2, -0.15) is 5.10 Å². The quantitative estimate of drug-likeness (QED) is 0.378. The lowest BCUT2D eigenvalue weighted by molar-refractivity contribution is 1.03. The third-order valence-corrected chi connectivity index (χ3v) is 1.36. The molecule has 11 heavy (non-hydrogen) atoms. The molecule has 58 valence electrons. The summed E-state index contributed by atoms with van der Waals surface area (Å²) >= 11 is 5.76. The Labute approximate surface area is 72.5 Å². The Balaban J connectivity index is 2.43. The van der Waals surface area contributed by atoms with E-state index >= 15 is 0 Å². The van der Waals surface area contributed by atoms with Gasteiger partial charge < -0.3 is 5.73 Å². The molecule has 0 amide bonds. The predicted molar refractivity (Wildman–Crippen MR) is 47.4 cm³/mol. The molecule has 0 aliphatic heterocycles. The van der Waals surface area contributed by atoms with Crippen LogP contribution in [0.25, 0.3) is 0 Å². The van der Waals surface area contributed by atoms with Crippen LogP contribution in [0.15, 0.2) is 10.5 Å². The topological polar surface area (TPSA) is 76.2 Å². The lowest BCUT2D eigenvalue weighted by Crippen LogP contribution is -2.24. The van der Waals surface area contributed by atoms with E-state index in [4.69, 9.17) is 5.73 Å². The Kier molecular flexibility index (Phi) is 2.87. The molecule has 5 nitrogen and oxygen atoms in total. The smallest absolute Gasteiger partial charge is 0.184 e. The molecule has 0 aromatic carbocycles. The fourth-order valence-corrected chi connectivity index (χ4v) is 0.847. The van der Waals surface area contributed by atoms with Crippen LogP contribution in [0.4, 0.5) is 0 Å². The van der Waals surface area contributed by atoms with Crippen LogP contribution < -0.4 is 11.2 Å². The minimum atomic E-state index is 0.129. The van der Waals surface area contributed by atoms with E-state index in [2.05, 4.69) is 32.3 Å². The molecule has 0 bridgehead atoms. The molecule has 1 rings (SSSR count). The van der Waals surface area contributed by atoms with Gasteiger partial charge in [0.2, 0.25) is 0 Å². The molecule has 0 fully saturated rings. The minimum absolute atomic E-state index is 0.129. The number of hydrogen-bond acceptors (Lipinski definition) is 5. The normalized spacial score (nSPS) is 10.2. The fourth-order valence-electron chi connectivity index (χ4n) is 0.390. The summed E-state index contributed by atoms with van der Waals surface area (Å²) in [6.07, 6.45) is 1.49. The summed E-state index contributed by atoms with van der Waals surface area (Å²) in [7, 11) is 0. The first-order chi connectivity index (χ1) is 5.29. The van der Waals surface area contributed by atoms with Crippen molar-refractivity contribution in [3.8, 4) is 0 Å². The summed E-state index contributed by atoms with van der Waals surface area (Å²) in [6.45, 7) is 0. The molecule has 0 atom stereocenters. The molecule has 7 heteroatoms. The van der Waals surface area contributed by atoms with Crippen LogP contribution in [0.3, 0.4) is 0 Å². The standard InChI is InChI=1S/C4H5N5S2/c5-4(10)8-6-1-3-2-11-9-7-3/h1-2H,(H3,5,8,10)/b6-1+. The highest BCUT2D eigenvalue weighted by atomic mass is 32.1. The molecule has 0 saturated heterocycles. The highest BCUT2D eigenvalue weighted by molar-refractivity contribution is 7.80. The van der Waals surface area contributed by atoms with Crippen LogP contribution in [-0.2, 0) is 0 Å². The zero-order valence-electron chi connectivity index (χ0n) is 5.39. The van der Waals surface area contributed by atoms with Crippen LogP contribution in [0, 0.1) is 0 Å². The van der Waals surface area contributed by atoms with E-state index in [1.54, 1.807) is 5.38 Å². The Morgan fingerprint density at radius 3 is 3.27 bits per heavy atom. The van der Waals surface area contributed by atoms with Crippen molar-refractivity contribution in [1.82, 2.24) is 15.0 Å². The van der Waals surface area contributed by atoms with Crippen molar-refractivity contribution < 1.29 is 0 Å². The van der Waals surface area contributed by atoms with Gasteiger partial charge in [-0.25, -0.2) is 0 Å². The molecule has 0 spiro atoms. The van der Waals surface area contributed by atoms with Crippen molar-refractivity contribution in [2.75, 3.05) is 0 Å². The number of nitrogens with zero attached hydrogens (tertiary/aromatic N) is 3. The van der Waals surface area contributed by atoms with Crippen molar-refractivity contribution in [2.45, 2.75) is 0 Å². The first kappa shape index (κ1) is 8.02. The Bertz CT molecular complexity index is 253. The van der Waals surface area contributed by atoms with Crippen LogP contribution in [0.2, 0.25) is 0 Å². The largest absolute Gasteiger partial charge is 0.375 e. The summed E-state index contributed by atoms with van der Waals surface area (Å²) in [5.74, 6) is 0. The molecular formula is C4H5N5S2. The zero-order valence-corrected chi connectivity index (χ0v) is 7.02. The number of thiocarbonyl (C=S) groups is 1. The van der Waals surface area contributed by atoms with Crippen molar-refractivity contribution in [2.24, 2.45) is 10.8 Å². The molecule has 0 unspecified atom stereocenters. The van der Waals surface area contributed by atoms with E-state index in [1.807, 2.05) is 0 Å². The monoisotopic (exact) mass is 187 g/mol. The average Bonchev–Trinajstić information content (AvgIpc) is 2.39. The fraction of sp³-hybridized carbons (Fsp3) is 0. The highest BCUT2D eigenvalue weighted by Crippen LogP contribution is 1.91. The van der Waals surface area contributed by atoms with Gasteiger partial charge in [-0.1, -0.05) is 4.49 Å². The van der Waals surface area contributed by atoms with Gasteiger partial charge in [-0.05, 0) is 23.8 Å². The summed E-state index contributed by atoms with van der Waals surface area (Å²) < 4.78 is 3.63. The summed E-state index contributed by atoms with van der Waals surface area (Å²) in [6, 6.07) is 0. The molecule has 3 N–H and O–H groups in total. The van der Waals surface area contributed by atoms with Crippen LogP contribution in [0.5, 0.6) is 0 Å². The molecule has 1 heterocycles. The van der Waals surface area contributed by atoms with Crippen LogP contribution >= 0.6 is 23.8 Å². The Morgan fingerprint density at radius 2 is 2.73 bits per heavy atom. The number of hydrogen-bond donors (Lipinski definition) is 2. The van der Waals surface area contributed by atoms with Gasteiger partial charge in [0.1, 0.15) is 5.69 Å². The minimum Gasteiger partial charge on any atom is -0.375 e. The molecule has 0 aliphatic carbocycles. The van der Waals surface area contributed by atoms with Crippen molar-refractivity contribution in [3.05, 3.63) is 11.1 Å². The summed E-state index contributed by atoms with van der Waals surface area (Å²) in [4.78, 5) is 0. The second kappa shape index (κ2) is 3.94. The maximum Gasteiger partial charge on any atom is 0.184 e. The van der Waals surface area contributed by atoms with Crippen molar-refractivity contribution in [1.29, 1.82) is 0 Å². The van der Waals surface area contributed by atoms with Gasteiger partial charge in [-0.3, -0.25) is 5.43 Å². The van der Waals surface area contributed by atoms with Crippen molar-refractivity contribution >= 4 is 35.1 Å². The van der Waals surface area contributed by atoms with Gasteiger partial charge in [0.05, 0.1) is 6.21 Å². The van der Waals surface area contributed by atoms with Crippen LogP contribution in [0.1, 0.15) is 5.69 Å². The maximum absolute atomic E-state index is 5.11. The maximum atomic E-state index is 5.11. The zero-order chi connectivity index (χ0) is 8.10. The molecule has 1 aromatic rings. The molecule has 0 aliphatic rings. The third kappa shape index (κ3) is 3.01. The van der Waals surface area contributed by atoms with Gasteiger partial charge in [0.15, 0.2) is 5.11 Å². The highest BCUT2D eigenvalue weighted by Gasteiger charge is 1.88. The lowest BCUT2D eigenvalue weighted by atomic mass is 10.6. The van der Waals surface area contributed by atoms with E-state index in [-0.39, 0.29) is 5.11 Å². The molecule has 1 aromatic heterocycles. The summed E-state index contributed by atoms with van der Waals surface area (Å²) in [5.41, 5.74) is 8.18. The average molecular weight is 187 g/mol. The number of hydrazone groups is 1. The van der Waals surface area contributed by atoms with E-state index in [0.717, 1.165) is 0 Å². The third-order valence-electron chi connectivity index (χ3n) is 0.748. The predicted octanol–water partition coefficient (Wildman–Crippen LogP) is -0.295. The summed E-state index contributed by atoms with van der Waals surface area (Å²) in [5, 5.41) is 9.27. The first-order valence-electron chi connectivity index (χ1n) is 2.64. The van der Waals surface area contributed by atoms with E-state index in [0.29, 0.717) is 5.69 Å². The number of nitrogens with one attached hydrogen (secondary N) is 1. The molecule has 0 saturated carbocycles. The molecule has 0 radical (unpaired) electrons. The van der Waals surface area contributed by atoms with E-state index in [9.17, 15) is 0 Å². The number of rotatable bonds is 2. The lowest BCUT2D eigenvalue weighted by Gasteiger charge is -1.90. The molecular weight excluding hydrogens is 182 g/mol.